The van der Waals surface area contributed by atoms with E-state index in [1.165, 1.54) is 4.90 Å². The summed E-state index contributed by atoms with van der Waals surface area (Å²) in [4.78, 5) is 29.8. The lowest BCUT2D eigenvalue weighted by Crippen LogP contribution is -2.44. The zero-order valence-electron chi connectivity index (χ0n) is 19.7. The van der Waals surface area contributed by atoms with E-state index in [-0.39, 0.29) is 25.0 Å². The Hall–Kier alpha value is -4.26. The van der Waals surface area contributed by atoms with Crippen LogP contribution in [-0.4, -0.2) is 34.8 Å². The fraction of sp³-hybridized carbons (Fsp3) is 0.214. The van der Waals surface area contributed by atoms with Gasteiger partial charge < -0.3 is 24.0 Å². The van der Waals surface area contributed by atoms with Gasteiger partial charge in [-0.1, -0.05) is 48.5 Å². The Morgan fingerprint density at radius 1 is 0.800 bits per heavy atom. The van der Waals surface area contributed by atoms with Gasteiger partial charge in [0.25, 0.3) is 0 Å². The summed E-state index contributed by atoms with van der Waals surface area (Å²) >= 11 is 0. The molecule has 0 aliphatic carbocycles. The fourth-order valence-corrected chi connectivity index (χ4v) is 3.74. The topological polar surface area (TPSA) is 78.9 Å². The maximum atomic E-state index is 13.5. The van der Waals surface area contributed by atoms with E-state index in [1.807, 2.05) is 67.6 Å². The number of amides is 3. The van der Waals surface area contributed by atoms with Crippen LogP contribution in [0.3, 0.4) is 0 Å². The first-order valence-corrected chi connectivity index (χ1v) is 11.6. The van der Waals surface area contributed by atoms with Crippen molar-refractivity contribution in [2.75, 3.05) is 18.4 Å². The van der Waals surface area contributed by atoms with Crippen molar-refractivity contribution in [3.63, 3.8) is 0 Å². The van der Waals surface area contributed by atoms with Gasteiger partial charge in [-0.05, 0) is 55.3 Å². The van der Waals surface area contributed by atoms with Crippen molar-refractivity contribution in [3.8, 4) is 0 Å². The Morgan fingerprint density at radius 3 is 2.17 bits per heavy atom. The van der Waals surface area contributed by atoms with Crippen molar-refractivity contribution < 1.29 is 18.4 Å². The van der Waals surface area contributed by atoms with Crippen LogP contribution in [0.2, 0.25) is 0 Å². The molecular formula is C28H29N3O4. The molecule has 7 heteroatoms. The molecule has 1 N–H and O–H groups in total. The van der Waals surface area contributed by atoms with Crippen molar-refractivity contribution in [2.45, 2.75) is 26.4 Å². The van der Waals surface area contributed by atoms with Crippen LogP contribution in [0.15, 0.2) is 100 Å². The quantitative estimate of drug-likeness (QED) is 0.332. The predicted molar refractivity (Wildman–Crippen MR) is 134 cm³/mol. The standard InChI is InChI=1S/C28H29N3O4/c1-22-14-15-26(35-22)20-30(17-16-23-9-4-2-5-10-23)27(32)21-31(19-25-13-8-18-34-25)28(33)29-24-11-6-3-7-12-24/h2-15,18H,16-17,19-21H2,1H3,(H,29,33). The van der Waals surface area contributed by atoms with Gasteiger partial charge in [-0.15, -0.1) is 0 Å². The summed E-state index contributed by atoms with van der Waals surface area (Å²) in [5.41, 5.74) is 1.79. The molecule has 0 radical (unpaired) electrons. The number of urea groups is 1. The molecule has 180 valence electrons. The average molecular weight is 472 g/mol. The van der Waals surface area contributed by atoms with Crippen molar-refractivity contribution >= 4 is 17.6 Å². The van der Waals surface area contributed by atoms with E-state index in [9.17, 15) is 9.59 Å². The van der Waals surface area contributed by atoms with Crippen LogP contribution in [0.5, 0.6) is 0 Å². The molecule has 0 aliphatic rings. The third kappa shape index (κ3) is 7.11. The third-order valence-corrected chi connectivity index (χ3v) is 5.57. The number of carbonyl (C=O) groups is 2. The van der Waals surface area contributed by atoms with E-state index in [4.69, 9.17) is 8.83 Å². The van der Waals surface area contributed by atoms with Crippen molar-refractivity contribution in [2.24, 2.45) is 0 Å². The first-order valence-electron chi connectivity index (χ1n) is 11.6. The lowest BCUT2D eigenvalue weighted by molar-refractivity contribution is -0.132. The number of rotatable bonds is 10. The number of para-hydroxylation sites is 1. The van der Waals surface area contributed by atoms with E-state index in [0.717, 1.165) is 11.3 Å². The van der Waals surface area contributed by atoms with E-state index in [1.54, 1.807) is 35.4 Å². The molecule has 3 amide bonds. The van der Waals surface area contributed by atoms with E-state index in [2.05, 4.69) is 5.32 Å². The highest BCUT2D eigenvalue weighted by molar-refractivity contribution is 5.92. The molecule has 4 aromatic rings. The number of anilines is 1. The monoisotopic (exact) mass is 471 g/mol. The number of nitrogens with one attached hydrogen (secondary N) is 1. The molecule has 7 nitrogen and oxygen atoms in total. The Balaban J connectivity index is 1.50. The van der Waals surface area contributed by atoms with Gasteiger partial charge in [0.2, 0.25) is 5.91 Å². The minimum absolute atomic E-state index is 0.103. The van der Waals surface area contributed by atoms with Crippen molar-refractivity contribution in [3.05, 3.63) is 114 Å². The summed E-state index contributed by atoms with van der Waals surface area (Å²) in [5.74, 6) is 1.91. The second kappa shape index (κ2) is 11.7. The minimum Gasteiger partial charge on any atom is -0.467 e. The minimum atomic E-state index is -0.377. The van der Waals surface area contributed by atoms with Gasteiger partial charge >= 0.3 is 6.03 Å². The summed E-state index contributed by atoms with van der Waals surface area (Å²) in [6.07, 6.45) is 2.25. The van der Waals surface area contributed by atoms with Gasteiger partial charge in [0.1, 0.15) is 23.8 Å². The maximum Gasteiger partial charge on any atom is 0.322 e. The van der Waals surface area contributed by atoms with Crippen LogP contribution in [0.4, 0.5) is 10.5 Å². The van der Waals surface area contributed by atoms with Gasteiger partial charge in [-0.3, -0.25) is 4.79 Å². The zero-order chi connectivity index (χ0) is 24.5. The number of hydrogen-bond donors (Lipinski definition) is 1. The fourth-order valence-electron chi connectivity index (χ4n) is 3.74. The maximum absolute atomic E-state index is 13.5. The molecule has 2 heterocycles. The van der Waals surface area contributed by atoms with Gasteiger partial charge in [0.15, 0.2) is 0 Å². The van der Waals surface area contributed by atoms with Crippen LogP contribution >= 0.6 is 0 Å². The Labute approximate surface area is 205 Å². The van der Waals surface area contributed by atoms with E-state index >= 15 is 0 Å². The van der Waals surface area contributed by atoms with Crippen LogP contribution in [0.25, 0.3) is 0 Å². The highest BCUT2D eigenvalue weighted by atomic mass is 16.3. The molecule has 0 bridgehead atoms. The average Bonchev–Trinajstić information content (AvgIpc) is 3.54. The SMILES string of the molecule is Cc1ccc(CN(CCc2ccccc2)C(=O)CN(Cc2ccco2)C(=O)Nc2ccccc2)o1. The molecule has 35 heavy (non-hydrogen) atoms. The van der Waals surface area contributed by atoms with Crippen LogP contribution < -0.4 is 5.32 Å². The van der Waals surface area contributed by atoms with Crippen LogP contribution in [0.1, 0.15) is 22.8 Å². The van der Waals surface area contributed by atoms with Crippen LogP contribution in [0, 0.1) is 6.92 Å². The molecule has 0 aliphatic heterocycles. The number of hydrogen-bond acceptors (Lipinski definition) is 4. The third-order valence-electron chi connectivity index (χ3n) is 5.57. The molecule has 2 aromatic heterocycles. The summed E-state index contributed by atoms with van der Waals surface area (Å²) in [7, 11) is 0. The first kappa shape index (κ1) is 23.9. The molecule has 2 aromatic carbocycles. The van der Waals surface area contributed by atoms with E-state index in [0.29, 0.717) is 36.7 Å². The van der Waals surface area contributed by atoms with Crippen molar-refractivity contribution in [1.82, 2.24) is 9.80 Å². The summed E-state index contributed by atoms with van der Waals surface area (Å²) < 4.78 is 11.2. The summed E-state index contributed by atoms with van der Waals surface area (Å²) in [5, 5.41) is 2.87. The lowest BCUT2D eigenvalue weighted by atomic mass is 10.1. The second-order valence-electron chi connectivity index (χ2n) is 8.29. The predicted octanol–water partition coefficient (Wildman–Crippen LogP) is 5.49. The van der Waals surface area contributed by atoms with Crippen molar-refractivity contribution in [1.29, 1.82) is 0 Å². The lowest BCUT2D eigenvalue weighted by Gasteiger charge is -2.27. The summed E-state index contributed by atoms with van der Waals surface area (Å²) in [6.45, 7) is 2.77. The Bertz CT molecular complexity index is 1200. The number of furan rings is 2. The molecule has 0 atom stereocenters. The van der Waals surface area contributed by atoms with Gasteiger partial charge in [-0.2, -0.15) is 0 Å². The number of carbonyl (C=O) groups excluding carboxylic acids is 2. The zero-order valence-corrected chi connectivity index (χ0v) is 19.7. The number of benzene rings is 2. The second-order valence-corrected chi connectivity index (χ2v) is 8.29. The molecule has 0 saturated heterocycles. The molecule has 0 fully saturated rings. The molecular weight excluding hydrogens is 442 g/mol. The Morgan fingerprint density at radius 2 is 1.51 bits per heavy atom. The smallest absolute Gasteiger partial charge is 0.322 e. The number of aryl methyl sites for hydroxylation is 1. The molecule has 0 unspecified atom stereocenters. The molecule has 0 spiro atoms. The largest absolute Gasteiger partial charge is 0.467 e. The Kier molecular flexibility index (Phi) is 8.01. The number of nitrogens with zero attached hydrogens (tertiary/aromatic N) is 2. The van der Waals surface area contributed by atoms with Gasteiger partial charge in [-0.25, -0.2) is 4.79 Å². The van der Waals surface area contributed by atoms with Crippen LogP contribution in [-0.2, 0) is 24.3 Å². The van der Waals surface area contributed by atoms with Gasteiger partial charge in [0.05, 0.1) is 19.4 Å². The first-order chi connectivity index (χ1) is 17.1. The van der Waals surface area contributed by atoms with Gasteiger partial charge in [0, 0.05) is 12.2 Å². The highest BCUT2D eigenvalue weighted by Crippen LogP contribution is 2.14. The highest BCUT2D eigenvalue weighted by Gasteiger charge is 2.23. The summed E-state index contributed by atoms with van der Waals surface area (Å²) in [6, 6.07) is 26.1. The molecule has 4 rings (SSSR count). The van der Waals surface area contributed by atoms with E-state index < -0.39 is 0 Å². The molecule has 0 saturated carbocycles. The normalized spacial score (nSPS) is 10.7.